The summed E-state index contributed by atoms with van der Waals surface area (Å²) in [6, 6.07) is 6.56. The molecule has 0 aromatic heterocycles. The Kier molecular flexibility index (Phi) is 5.41. The summed E-state index contributed by atoms with van der Waals surface area (Å²) in [7, 11) is 1.74. The van der Waals surface area contributed by atoms with Crippen LogP contribution in [0.1, 0.15) is 12.8 Å². The predicted molar refractivity (Wildman–Crippen MR) is 78.6 cm³/mol. The van der Waals surface area contributed by atoms with Gasteiger partial charge in [0.2, 0.25) is 0 Å². The van der Waals surface area contributed by atoms with Crippen LogP contribution in [0.15, 0.2) is 41.4 Å². The third kappa shape index (κ3) is 4.57. The van der Waals surface area contributed by atoms with Crippen molar-refractivity contribution < 1.29 is 9.13 Å². The van der Waals surface area contributed by atoms with E-state index in [1.807, 2.05) is 0 Å². The van der Waals surface area contributed by atoms with Crippen LogP contribution in [0.4, 0.5) is 4.39 Å². The first-order valence-electron chi connectivity index (χ1n) is 6.78. The molecule has 1 aromatic carbocycles. The molecule has 0 radical (unpaired) electrons. The number of nitrogens with one attached hydrogen (secondary N) is 2. The van der Waals surface area contributed by atoms with Crippen LogP contribution in [-0.4, -0.2) is 32.2 Å². The maximum Gasteiger partial charge on any atom is 0.191 e. The number of benzene rings is 1. The molecule has 0 atom stereocenters. The van der Waals surface area contributed by atoms with E-state index in [9.17, 15) is 4.39 Å². The van der Waals surface area contributed by atoms with Crippen LogP contribution in [0.3, 0.4) is 0 Å². The molecule has 0 unspecified atom stereocenters. The standard InChI is InChI=1S/C15H20FN3O/c1-17-15(19-13-6-2-3-7-13)18-9-10-20-14-8-4-5-12(16)11-14/h2-5,8,11,13H,6-7,9-10H2,1H3,(H2,17,18,19). The largest absolute Gasteiger partial charge is 0.492 e. The monoisotopic (exact) mass is 277 g/mol. The van der Waals surface area contributed by atoms with Crippen LogP contribution < -0.4 is 15.4 Å². The summed E-state index contributed by atoms with van der Waals surface area (Å²) < 4.78 is 18.4. The van der Waals surface area contributed by atoms with Crippen molar-refractivity contribution in [3.05, 3.63) is 42.2 Å². The van der Waals surface area contributed by atoms with Crippen molar-refractivity contribution in [2.45, 2.75) is 18.9 Å². The summed E-state index contributed by atoms with van der Waals surface area (Å²) in [4.78, 5) is 4.16. The average molecular weight is 277 g/mol. The molecule has 5 heteroatoms. The topological polar surface area (TPSA) is 45.7 Å². The highest BCUT2D eigenvalue weighted by Crippen LogP contribution is 2.11. The van der Waals surface area contributed by atoms with Gasteiger partial charge in [0.15, 0.2) is 5.96 Å². The molecule has 0 heterocycles. The minimum absolute atomic E-state index is 0.290. The van der Waals surface area contributed by atoms with E-state index in [2.05, 4.69) is 27.8 Å². The molecule has 0 saturated heterocycles. The van der Waals surface area contributed by atoms with Gasteiger partial charge in [0.1, 0.15) is 18.2 Å². The predicted octanol–water partition coefficient (Wildman–Crippen LogP) is 2.09. The van der Waals surface area contributed by atoms with Gasteiger partial charge in [0, 0.05) is 19.2 Å². The number of hydrogen-bond donors (Lipinski definition) is 2. The third-order valence-corrected chi connectivity index (χ3v) is 3.03. The van der Waals surface area contributed by atoms with E-state index in [-0.39, 0.29) is 5.82 Å². The Labute approximate surface area is 118 Å². The van der Waals surface area contributed by atoms with Gasteiger partial charge < -0.3 is 15.4 Å². The zero-order chi connectivity index (χ0) is 14.2. The highest BCUT2D eigenvalue weighted by Gasteiger charge is 2.11. The molecule has 2 N–H and O–H groups in total. The lowest BCUT2D eigenvalue weighted by molar-refractivity contribution is 0.320. The van der Waals surface area contributed by atoms with Gasteiger partial charge in [0.25, 0.3) is 0 Å². The maximum atomic E-state index is 13.0. The van der Waals surface area contributed by atoms with Gasteiger partial charge in [-0.1, -0.05) is 18.2 Å². The van der Waals surface area contributed by atoms with Crippen LogP contribution in [0, 0.1) is 5.82 Å². The van der Waals surface area contributed by atoms with Gasteiger partial charge in [-0.3, -0.25) is 4.99 Å². The Morgan fingerprint density at radius 3 is 2.90 bits per heavy atom. The molecule has 0 spiro atoms. The van der Waals surface area contributed by atoms with Crippen LogP contribution >= 0.6 is 0 Å². The number of nitrogens with zero attached hydrogens (tertiary/aromatic N) is 1. The van der Waals surface area contributed by atoms with Gasteiger partial charge in [0.05, 0.1) is 6.54 Å². The Hall–Kier alpha value is -2.04. The second-order valence-electron chi connectivity index (χ2n) is 4.59. The van der Waals surface area contributed by atoms with Crippen molar-refractivity contribution in [3.8, 4) is 5.75 Å². The highest BCUT2D eigenvalue weighted by molar-refractivity contribution is 5.80. The van der Waals surface area contributed by atoms with Crippen LogP contribution in [0.25, 0.3) is 0 Å². The van der Waals surface area contributed by atoms with Crippen LogP contribution in [0.5, 0.6) is 5.75 Å². The summed E-state index contributed by atoms with van der Waals surface area (Å²) in [5, 5.41) is 6.51. The second kappa shape index (κ2) is 7.53. The molecule has 0 bridgehead atoms. The lowest BCUT2D eigenvalue weighted by Gasteiger charge is -2.17. The van der Waals surface area contributed by atoms with Crippen molar-refractivity contribution in [2.24, 2.45) is 4.99 Å². The maximum absolute atomic E-state index is 13.0. The summed E-state index contributed by atoms with van der Waals surface area (Å²) >= 11 is 0. The fourth-order valence-corrected chi connectivity index (χ4v) is 2.02. The minimum atomic E-state index is -0.290. The molecule has 1 aliphatic carbocycles. The Morgan fingerprint density at radius 2 is 2.20 bits per heavy atom. The Morgan fingerprint density at radius 1 is 1.40 bits per heavy atom. The van der Waals surface area contributed by atoms with E-state index < -0.39 is 0 Å². The van der Waals surface area contributed by atoms with Crippen molar-refractivity contribution in [1.29, 1.82) is 0 Å². The molecule has 20 heavy (non-hydrogen) atoms. The first kappa shape index (κ1) is 14.4. The lowest BCUT2D eigenvalue weighted by Crippen LogP contribution is -2.43. The molecular weight excluding hydrogens is 257 g/mol. The van der Waals surface area contributed by atoms with Crippen molar-refractivity contribution in [1.82, 2.24) is 10.6 Å². The lowest BCUT2D eigenvalue weighted by atomic mass is 10.2. The highest BCUT2D eigenvalue weighted by atomic mass is 19.1. The van der Waals surface area contributed by atoms with Crippen molar-refractivity contribution in [2.75, 3.05) is 20.2 Å². The zero-order valence-electron chi connectivity index (χ0n) is 11.6. The smallest absolute Gasteiger partial charge is 0.191 e. The zero-order valence-corrected chi connectivity index (χ0v) is 11.6. The fourth-order valence-electron chi connectivity index (χ4n) is 2.02. The minimum Gasteiger partial charge on any atom is -0.492 e. The van der Waals surface area contributed by atoms with Gasteiger partial charge >= 0.3 is 0 Å². The van der Waals surface area contributed by atoms with Gasteiger partial charge in [-0.2, -0.15) is 0 Å². The van der Waals surface area contributed by atoms with E-state index in [4.69, 9.17) is 4.74 Å². The summed E-state index contributed by atoms with van der Waals surface area (Å²) in [6.45, 7) is 1.06. The molecule has 2 rings (SSSR count). The quantitative estimate of drug-likeness (QED) is 0.375. The molecular formula is C15H20FN3O. The average Bonchev–Trinajstić information content (AvgIpc) is 2.95. The molecule has 0 saturated carbocycles. The molecule has 0 fully saturated rings. The van der Waals surface area contributed by atoms with Crippen LogP contribution in [0.2, 0.25) is 0 Å². The molecule has 0 aliphatic heterocycles. The molecule has 1 aliphatic rings. The SMILES string of the molecule is CN=C(NCCOc1cccc(F)c1)NC1CC=CC1. The molecule has 108 valence electrons. The van der Waals surface area contributed by atoms with E-state index in [1.165, 1.54) is 12.1 Å². The first-order valence-corrected chi connectivity index (χ1v) is 6.78. The summed E-state index contributed by atoms with van der Waals surface area (Å²) in [5.41, 5.74) is 0. The van der Waals surface area contributed by atoms with Crippen molar-refractivity contribution >= 4 is 5.96 Å². The van der Waals surface area contributed by atoms with Gasteiger partial charge in [-0.15, -0.1) is 0 Å². The number of aliphatic imine (C=N–C) groups is 1. The van der Waals surface area contributed by atoms with E-state index in [1.54, 1.807) is 19.2 Å². The summed E-state index contributed by atoms with van der Waals surface area (Å²) in [5.74, 6) is 1.01. The van der Waals surface area contributed by atoms with Crippen LogP contribution in [-0.2, 0) is 0 Å². The Balaban J connectivity index is 1.66. The van der Waals surface area contributed by atoms with E-state index >= 15 is 0 Å². The van der Waals surface area contributed by atoms with Gasteiger partial charge in [-0.05, 0) is 25.0 Å². The number of hydrogen-bond acceptors (Lipinski definition) is 2. The van der Waals surface area contributed by atoms with E-state index in [0.29, 0.717) is 24.9 Å². The number of halogens is 1. The first-order chi connectivity index (χ1) is 9.78. The van der Waals surface area contributed by atoms with Gasteiger partial charge in [-0.25, -0.2) is 4.39 Å². The summed E-state index contributed by atoms with van der Waals surface area (Å²) in [6.07, 6.45) is 6.39. The number of rotatable bonds is 5. The number of ether oxygens (including phenoxy) is 1. The number of guanidine groups is 1. The fraction of sp³-hybridized carbons (Fsp3) is 0.400. The molecule has 4 nitrogen and oxygen atoms in total. The molecule has 1 aromatic rings. The normalized spacial score (nSPS) is 15.4. The molecule has 0 amide bonds. The third-order valence-electron chi connectivity index (χ3n) is 3.03. The Bertz CT molecular complexity index is 480. The second-order valence-corrected chi connectivity index (χ2v) is 4.59. The van der Waals surface area contributed by atoms with E-state index in [0.717, 1.165) is 18.8 Å². The van der Waals surface area contributed by atoms with Crippen molar-refractivity contribution in [3.63, 3.8) is 0 Å².